The molecule has 0 amide bonds. The summed E-state index contributed by atoms with van der Waals surface area (Å²) in [7, 11) is 0. The Hall–Kier alpha value is -1.37. The van der Waals surface area contributed by atoms with Gasteiger partial charge in [-0.25, -0.2) is 0 Å². The van der Waals surface area contributed by atoms with E-state index in [4.69, 9.17) is 4.98 Å². The highest BCUT2D eigenvalue weighted by atomic mass is 14.7. The number of hydrogen-bond acceptors (Lipinski definition) is 1. The van der Waals surface area contributed by atoms with Gasteiger partial charge in [-0.3, -0.25) is 4.98 Å². The zero-order valence-corrected chi connectivity index (χ0v) is 10.1. The van der Waals surface area contributed by atoms with Crippen LogP contribution in [0.25, 0.3) is 10.9 Å². The fourth-order valence-corrected chi connectivity index (χ4v) is 2.17. The van der Waals surface area contributed by atoms with Crippen LogP contribution in [0.4, 0.5) is 0 Å². The van der Waals surface area contributed by atoms with Crippen LogP contribution in [0, 0.1) is 5.92 Å². The molecule has 0 aliphatic rings. The average molecular weight is 213 g/mol. The van der Waals surface area contributed by atoms with E-state index in [1.165, 1.54) is 23.9 Å². The molecule has 0 aliphatic carbocycles. The van der Waals surface area contributed by atoms with Gasteiger partial charge in [-0.05, 0) is 24.5 Å². The normalized spacial score (nSPS) is 12.9. The summed E-state index contributed by atoms with van der Waals surface area (Å²) in [5, 5.41) is 1.23. The van der Waals surface area contributed by atoms with E-state index in [2.05, 4.69) is 50.2 Å². The lowest BCUT2D eigenvalue weighted by molar-refractivity contribution is 0.517. The van der Waals surface area contributed by atoms with Crippen LogP contribution in [-0.2, 0) is 6.42 Å². The highest BCUT2D eigenvalue weighted by Crippen LogP contribution is 2.16. The van der Waals surface area contributed by atoms with Gasteiger partial charge in [0.15, 0.2) is 0 Å². The monoisotopic (exact) mass is 213 g/mol. The summed E-state index contributed by atoms with van der Waals surface area (Å²) in [6.45, 7) is 4.55. The maximum absolute atomic E-state index is 4.70. The molecule has 2 aromatic rings. The second kappa shape index (κ2) is 5.11. The van der Waals surface area contributed by atoms with Gasteiger partial charge >= 0.3 is 0 Å². The molecule has 2 rings (SSSR count). The van der Waals surface area contributed by atoms with Crippen molar-refractivity contribution in [2.24, 2.45) is 5.92 Å². The minimum atomic E-state index is 0.735. The summed E-state index contributed by atoms with van der Waals surface area (Å²) in [5.41, 5.74) is 2.34. The Labute approximate surface area is 97.5 Å². The molecule has 1 nitrogen and oxygen atoms in total. The lowest BCUT2D eigenvalue weighted by atomic mass is 9.99. The summed E-state index contributed by atoms with van der Waals surface area (Å²) in [5.74, 6) is 0.735. The van der Waals surface area contributed by atoms with Crippen molar-refractivity contribution >= 4 is 10.9 Å². The standard InChI is InChI=1S/C15H19N/c1-3-6-12(2)11-14-10-9-13-7-4-5-8-15(13)16-14/h4-5,7-10,12H,3,6,11H2,1-2H3/t12-/m0/s1. The SMILES string of the molecule is CCC[C@H](C)Cc1ccc2ccccc2n1. The fourth-order valence-electron chi connectivity index (χ4n) is 2.17. The van der Waals surface area contributed by atoms with Crippen molar-refractivity contribution in [2.75, 3.05) is 0 Å². The van der Waals surface area contributed by atoms with Gasteiger partial charge in [-0.2, -0.15) is 0 Å². The van der Waals surface area contributed by atoms with Gasteiger partial charge in [0.05, 0.1) is 5.52 Å². The molecule has 0 unspecified atom stereocenters. The number of rotatable bonds is 4. The molecule has 1 heterocycles. The van der Waals surface area contributed by atoms with Crippen LogP contribution < -0.4 is 0 Å². The summed E-state index contributed by atoms with van der Waals surface area (Å²) in [6.07, 6.45) is 3.64. The molecule has 0 saturated carbocycles. The van der Waals surface area contributed by atoms with E-state index in [-0.39, 0.29) is 0 Å². The third-order valence-corrected chi connectivity index (χ3v) is 3.00. The van der Waals surface area contributed by atoms with Gasteiger partial charge in [0.25, 0.3) is 0 Å². The number of fused-ring (bicyclic) bond motifs is 1. The van der Waals surface area contributed by atoms with Gasteiger partial charge in [0, 0.05) is 11.1 Å². The van der Waals surface area contributed by atoms with E-state index >= 15 is 0 Å². The maximum atomic E-state index is 4.70. The number of aromatic nitrogens is 1. The molecule has 0 radical (unpaired) electrons. The van der Waals surface area contributed by atoms with E-state index in [1.54, 1.807) is 0 Å². The minimum absolute atomic E-state index is 0.735. The predicted octanol–water partition coefficient (Wildman–Crippen LogP) is 4.21. The summed E-state index contributed by atoms with van der Waals surface area (Å²) in [6, 6.07) is 12.6. The molecule has 84 valence electrons. The zero-order valence-electron chi connectivity index (χ0n) is 10.1. The van der Waals surface area contributed by atoms with Crippen molar-refractivity contribution in [3.05, 3.63) is 42.1 Å². The lowest BCUT2D eigenvalue weighted by Gasteiger charge is -2.09. The first kappa shape index (κ1) is 11.1. The molecule has 0 aliphatic heterocycles. The number of hydrogen-bond donors (Lipinski definition) is 0. The molecule has 1 aromatic heterocycles. The number of pyridine rings is 1. The Morgan fingerprint density at radius 1 is 1.12 bits per heavy atom. The Kier molecular flexibility index (Phi) is 3.55. The largest absolute Gasteiger partial charge is 0.253 e. The van der Waals surface area contributed by atoms with Crippen LogP contribution in [0.2, 0.25) is 0 Å². The molecule has 1 atom stereocenters. The van der Waals surface area contributed by atoms with Crippen molar-refractivity contribution in [2.45, 2.75) is 33.1 Å². The Morgan fingerprint density at radius 2 is 1.94 bits per heavy atom. The summed E-state index contributed by atoms with van der Waals surface area (Å²) >= 11 is 0. The van der Waals surface area contributed by atoms with Gasteiger partial charge in [-0.15, -0.1) is 0 Å². The van der Waals surface area contributed by atoms with Crippen LogP contribution >= 0.6 is 0 Å². The maximum Gasteiger partial charge on any atom is 0.0705 e. The Balaban J connectivity index is 2.19. The molecule has 0 spiro atoms. The first-order valence-electron chi connectivity index (χ1n) is 6.14. The highest BCUT2D eigenvalue weighted by molar-refractivity contribution is 5.78. The number of benzene rings is 1. The molecule has 1 heteroatoms. The van der Waals surface area contributed by atoms with E-state index in [0.717, 1.165) is 17.9 Å². The molecular formula is C15H19N. The topological polar surface area (TPSA) is 12.9 Å². The van der Waals surface area contributed by atoms with Crippen LogP contribution in [0.1, 0.15) is 32.4 Å². The first-order chi connectivity index (χ1) is 7.79. The van der Waals surface area contributed by atoms with Gasteiger partial charge < -0.3 is 0 Å². The molecule has 16 heavy (non-hydrogen) atoms. The molecule has 0 N–H and O–H groups in total. The van der Waals surface area contributed by atoms with E-state index in [9.17, 15) is 0 Å². The predicted molar refractivity (Wildman–Crippen MR) is 69.5 cm³/mol. The number of para-hydroxylation sites is 1. The van der Waals surface area contributed by atoms with Gasteiger partial charge in [0.2, 0.25) is 0 Å². The van der Waals surface area contributed by atoms with Crippen molar-refractivity contribution in [1.29, 1.82) is 0 Å². The van der Waals surface area contributed by atoms with Crippen LogP contribution in [-0.4, -0.2) is 4.98 Å². The van der Waals surface area contributed by atoms with Crippen LogP contribution in [0.3, 0.4) is 0 Å². The average Bonchev–Trinajstić information content (AvgIpc) is 2.29. The van der Waals surface area contributed by atoms with E-state index in [0.29, 0.717) is 0 Å². The van der Waals surface area contributed by atoms with Crippen molar-refractivity contribution < 1.29 is 0 Å². The van der Waals surface area contributed by atoms with E-state index < -0.39 is 0 Å². The lowest BCUT2D eigenvalue weighted by Crippen LogP contribution is -2.01. The molecular weight excluding hydrogens is 194 g/mol. The first-order valence-corrected chi connectivity index (χ1v) is 6.14. The third-order valence-electron chi connectivity index (χ3n) is 3.00. The molecule has 0 bridgehead atoms. The van der Waals surface area contributed by atoms with Crippen molar-refractivity contribution in [1.82, 2.24) is 4.98 Å². The quantitative estimate of drug-likeness (QED) is 0.741. The Morgan fingerprint density at radius 3 is 2.75 bits per heavy atom. The second-order valence-corrected chi connectivity index (χ2v) is 4.59. The van der Waals surface area contributed by atoms with Gasteiger partial charge in [0.1, 0.15) is 0 Å². The third kappa shape index (κ3) is 2.60. The molecule has 0 fully saturated rings. The van der Waals surface area contributed by atoms with Crippen LogP contribution in [0.15, 0.2) is 36.4 Å². The fraction of sp³-hybridized carbons (Fsp3) is 0.400. The summed E-state index contributed by atoms with van der Waals surface area (Å²) in [4.78, 5) is 4.70. The highest BCUT2D eigenvalue weighted by Gasteiger charge is 2.04. The Bertz CT molecular complexity index is 462. The summed E-state index contributed by atoms with van der Waals surface area (Å²) < 4.78 is 0. The molecule has 0 saturated heterocycles. The van der Waals surface area contributed by atoms with Crippen LogP contribution in [0.5, 0.6) is 0 Å². The van der Waals surface area contributed by atoms with Crippen molar-refractivity contribution in [3.63, 3.8) is 0 Å². The van der Waals surface area contributed by atoms with E-state index in [1.807, 2.05) is 0 Å². The zero-order chi connectivity index (χ0) is 11.4. The van der Waals surface area contributed by atoms with Gasteiger partial charge in [-0.1, -0.05) is 51.0 Å². The minimum Gasteiger partial charge on any atom is -0.253 e. The smallest absolute Gasteiger partial charge is 0.0705 e. The number of nitrogens with zero attached hydrogens (tertiary/aromatic N) is 1. The van der Waals surface area contributed by atoms with Crippen molar-refractivity contribution in [3.8, 4) is 0 Å². The second-order valence-electron chi connectivity index (χ2n) is 4.59. The molecule has 1 aromatic carbocycles.